The predicted molar refractivity (Wildman–Crippen MR) is 103 cm³/mol. The van der Waals surface area contributed by atoms with Gasteiger partial charge < -0.3 is 20.6 Å². The number of likely N-dealkylation sites (tertiary alicyclic amines) is 1. The van der Waals surface area contributed by atoms with E-state index in [9.17, 15) is 14.4 Å². The van der Waals surface area contributed by atoms with Gasteiger partial charge in [0.15, 0.2) is 0 Å². The van der Waals surface area contributed by atoms with Gasteiger partial charge in [0.05, 0.1) is 11.0 Å². The standard InChI is InChI=1S/C20H20N4O3/c21-9-14-10-24(11-15(14)12-4-2-1-3-5-12)20(27)13-6-7-16-17(8-13)23-19(26)18(25)22-16/h1-8,14-15H,9-11,21H2,(H,22,25)(H,23,26)/t14-,15+/m1/s1. The fourth-order valence-corrected chi connectivity index (χ4v) is 3.78. The van der Waals surface area contributed by atoms with Gasteiger partial charge in [0.2, 0.25) is 0 Å². The molecule has 0 unspecified atom stereocenters. The van der Waals surface area contributed by atoms with Crippen molar-refractivity contribution >= 4 is 16.9 Å². The number of hydrogen-bond acceptors (Lipinski definition) is 4. The van der Waals surface area contributed by atoms with E-state index in [2.05, 4.69) is 22.1 Å². The fraction of sp³-hybridized carbons (Fsp3) is 0.250. The van der Waals surface area contributed by atoms with Crippen LogP contribution in [0.1, 0.15) is 21.8 Å². The molecule has 138 valence electrons. The number of H-pyrrole nitrogens is 2. The summed E-state index contributed by atoms with van der Waals surface area (Å²) in [6, 6.07) is 15.0. The SMILES string of the molecule is NC[C@@H]1CN(C(=O)c2ccc3[nH]c(=O)c(=O)[nH]c3c2)C[C@H]1c1ccccc1. The van der Waals surface area contributed by atoms with Crippen molar-refractivity contribution in [1.29, 1.82) is 0 Å². The summed E-state index contributed by atoms with van der Waals surface area (Å²) in [4.78, 5) is 42.8. The molecule has 4 N–H and O–H groups in total. The fourth-order valence-electron chi connectivity index (χ4n) is 3.78. The van der Waals surface area contributed by atoms with Crippen LogP contribution in [0.15, 0.2) is 58.1 Å². The minimum absolute atomic E-state index is 0.110. The minimum atomic E-state index is -0.736. The van der Waals surface area contributed by atoms with Crippen molar-refractivity contribution in [3.05, 3.63) is 80.4 Å². The number of aromatic nitrogens is 2. The molecule has 0 bridgehead atoms. The highest BCUT2D eigenvalue weighted by molar-refractivity contribution is 5.97. The van der Waals surface area contributed by atoms with Crippen molar-refractivity contribution in [1.82, 2.24) is 14.9 Å². The summed E-state index contributed by atoms with van der Waals surface area (Å²) in [6.07, 6.45) is 0. The summed E-state index contributed by atoms with van der Waals surface area (Å²) in [5.41, 5.74) is 7.08. The molecule has 3 aromatic rings. The number of amides is 1. The summed E-state index contributed by atoms with van der Waals surface area (Å²) in [6.45, 7) is 1.70. The van der Waals surface area contributed by atoms with Crippen LogP contribution in [-0.4, -0.2) is 40.4 Å². The van der Waals surface area contributed by atoms with Gasteiger partial charge in [-0.25, -0.2) is 0 Å². The summed E-state index contributed by atoms with van der Waals surface area (Å²) >= 11 is 0. The van der Waals surface area contributed by atoms with E-state index in [0.717, 1.165) is 0 Å². The lowest BCUT2D eigenvalue weighted by molar-refractivity contribution is 0.0786. The summed E-state index contributed by atoms with van der Waals surface area (Å²) in [7, 11) is 0. The van der Waals surface area contributed by atoms with Gasteiger partial charge in [0, 0.05) is 24.6 Å². The summed E-state index contributed by atoms with van der Waals surface area (Å²) in [5.74, 6) is 0.297. The van der Waals surface area contributed by atoms with Crippen LogP contribution in [-0.2, 0) is 0 Å². The Balaban J connectivity index is 1.63. The first-order chi connectivity index (χ1) is 13.1. The van der Waals surface area contributed by atoms with Gasteiger partial charge in [-0.05, 0) is 36.2 Å². The molecule has 7 nitrogen and oxygen atoms in total. The first-order valence-corrected chi connectivity index (χ1v) is 8.87. The third kappa shape index (κ3) is 3.17. The van der Waals surface area contributed by atoms with Crippen molar-refractivity contribution < 1.29 is 4.79 Å². The van der Waals surface area contributed by atoms with E-state index in [-0.39, 0.29) is 17.7 Å². The van der Waals surface area contributed by atoms with Gasteiger partial charge in [-0.15, -0.1) is 0 Å². The van der Waals surface area contributed by atoms with Crippen LogP contribution in [0.5, 0.6) is 0 Å². The Labute approximate surface area is 154 Å². The van der Waals surface area contributed by atoms with Crippen LogP contribution in [0.25, 0.3) is 11.0 Å². The monoisotopic (exact) mass is 364 g/mol. The first-order valence-electron chi connectivity index (χ1n) is 8.87. The maximum Gasteiger partial charge on any atom is 0.314 e. The lowest BCUT2D eigenvalue weighted by atomic mass is 9.89. The van der Waals surface area contributed by atoms with E-state index in [1.54, 1.807) is 23.1 Å². The normalized spacial score (nSPS) is 19.5. The van der Waals surface area contributed by atoms with Crippen molar-refractivity contribution in [3.63, 3.8) is 0 Å². The second kappa shape index (κ2) is 6.85. The molecule has 1 saturated heterocycles. The highest BCUT2D eigenvalue weighted by atomic mass is 16.2. The van der Waals surface area contributed by atoms with Crippen LogP contribution in [0, 0.1) is 5.92 Å². The Kier molecular flexibility index (Phi) is 4.37. The molecular weight excluding hydrogens is 344 g/mol. The van der Waals surface area contributed by atoms with Gasteiger partial charge >= 0.3 is 11.1 Å². The van der Waals surface area contributed by atoms with Crippen LogP contribution in [0.2, 0.25) is 0 Å². The van der Waals surface area contributed by atoms with Crippen molar-refractivity contribution in [2.24, 2.45) is 11.7 Å². The molecule has 2 heterocycles. The van der Waals surface area contributed by atoms with Crippen LogP contribution < -0.4 is 16.9 Å². The Bertz CT molecular complexity index is 1100. The molecule has 0 aliphatic carbocycles. The zero-order chi connectivity index (χ0) is 19.0. The molecule has 2 aromatic carbocycles. The van der Waals surface area contributed by atoms with E-state index >= 15 is 0 Å². The topological polar surface area (TPSA) is 112 Å². The molecule has 27 heavy (non-hydrogen) atoms. The second-order valence-corrected chi connectivity index (χ2v) is 6.89. The second-order valence-electron chi connectivity index (χ2n) is 6.89. The van der Waals surface area contributed by atoms with Crippen molar-refractivity contribution in [3.8, 4) is 0 Å². The van der Waals surface area contributed by atoms with Gasteiger partial charge in [0.1, 0.15) is 0 Å². The van der Waals surface area contributed by atoms with E-state index < -0.39 is 11.1 Å². The predicted octanol–water partition coefficient (Wildman–Crippen LogP) is 1.03. The Morgan fingerprint density at radius 3 is 2.41 bits per heavy atom. The molecule has 4 rings (SSSR count). The lowest BCUT2D eigenvalue weighted by Crippen LogP contribution is -2.31. The Hall–Kier alpha value is -3.19. The van der Waals surface area contributed by atoms with Gasteiger partial charge in [0.25, 0.3) is 5.91 Å². The average Bonchev–Trinajstić information content (AvgIpc) is 3.13. The van der Waals surface area contributed by atoms with E-state index in [1.165, 1.54) is 5.56 Å². The Morgan fingerprint density at radius 2 is 1.70 bits per heavy atom. The molecule has 1 aliphatic rings. The number of fused-ring (bicyclic) bond motifs is 1. The zero-order valence-corrected chi connectivity index (χ0v) is 14.6. The molecule has 2 atom stereocenters. The number of hydrogen-bond donors (Lipinski definition) is 3. The molecule has 1 amide bonds. The maximum absolute atomic E-state index is 13.0. The number of aromatic amines is 2. The zero-order valence-electron chi connectivity index (χ0n) is 14.6. The number of rotatable bonds is 3. The van der Waals surface area contributed by atoms with Crippen molar-refractivity contribution in [2.75, 3.05) is 19.6 Å². The molecular formula is C20H20N4O3. The molecule has 7 heteroatoms. The number of nitrogens with two attached hydrogens (primary N) is 1. The van der Waals surface area contributed by atoms with E-state index in [4.69, 9.17) is 5.73 Å². The highest BCUT2D eigenvalue weighted by Gasteiger charge is 2.35. The number of nitrogens with one attached hydrogen (secondary N) is 2. The molecule has 0 radical (unpaired) electrons. The summed E-state index contributed by atoms with van der Waals surface area (Å²) in [5, 5.41) is 0. The van der Waals surface area contributed by atoms with Crippen molar-refractivity contribution in [2.45, 2.75) is 5.92 Å². The maximum atomic E-state index is 13.0. The first kappa shape index (κ1) is 17.2. The third-order valence-electron chi connectivity index (χ3n) is 5.23. The van der Waals surface area contributed by atoms with E-state index in [1.807, 2.05) is 18.2 Å². The molecule has 0 spiro atoms. The Morgan fingerprint density at radius 1 is 1.00 bits per heavy atom. The largest absolute Gasteiger partial charge is 0.338 e. The van der Waals surface area contributed by atoms with Crippen LogP contribution in [0.4, 0.5) is 0 Å². The molecule has 1 fully saturated rings. The summed E-state index contributed by atoms with van der Waals surface area (Å²) < 4.78 is 0. The van der Waals surface area contributed by atoms with Crippen LogP contribution >= 0.6 is 0 Å². The minimum Gasteiger partial charge on any atom is -0.338 e. The number of nitrogens with zero attached hydrogens (tertiary/aromatic N) is 1. The third-order valence-corrected chi connectivity index (χ3v) is 5.23. The molecule has 0 saturated carbocycles. The quantitative estimate of drug-likeness (QED) is 0.603. The average molecular weight is 364 g/mol. The smallest absolute Gasteiger partial charge is 0.314 e. The van der Waals surface area contributed by atoms with E-state index in [0.29, 0.717) is 36.2 Å². The van der Waals surface area contributed by atoms with Gasteiger partial charge in [-0.3, -0.25) is 14.4 Å². The number of carbonyl (C=O) groups excluding carboxylic acids is 1. The highest BCUT2D eigenvalue weighted by Crippen LogP contribution is 2.32. The lowest BCUT2D eigenvalue weighted by Gasteiger charge is -2.17. The van der Waals surface area contributed by atoms with Gasteiger partial charge in [-0.1, -0.05) is 30.3 Å². The van der Waals surface area contributed by atoms with Crippen LogP contribution in [0.3, 0.4) is 0 Å². The molecule has 1 aliphatic heterocycles. The molecule has 1 aromatic heterocycles. The van der Waals surface area contributed by atoms with Gasteiger partial charge in [-0.2, -0.15) is 0 Å². The number of benzene rings is 2. The number of carbonyl (C=O) groups is 1.